The minimum absolute atomic E-state index is 0.173. The lowest BCUT2D eigenvalue weighted by molar-refractivity contribution is -0.114. The average Bonchev–Trinajstić information content (AvgIpc) is 3.11. The van der Waals surface area contributed by atoms with Gasteiger partial charge in [0, 0.05) is 5.92 Å². The number of carbonyl (C=O) groups is 1. The molecular weight excluding hydrogens is 276 g/mol. The van der Waals surface area contributed by atoms with E-state index in [0.29, 0.717) is 18.3 Å². The number of aryl methyl sites for hydroxylation is 1. The number of ether oxygens (including phenoxy) is 1. The van der Waals surface area contributed by atoms with Gasteiger partial charge in [-0.3, -0.25) is 4.79 Å². The number of rotatable bonds is 3. The Kier molecular flexibility index (Phi) is 4.27. The van der Waals surface area contributed by atoms with E-state index in [1.807, 2.05) is 63.8 Å². The van der Waals surface area contributed by atoms with Crippen LogP contribution in [0.1, 0.15) is 12.5 Å². The van der Waals surface area contributed by atoms with Crippen molar-refractivity contribution in [1.29, 1.82) is 0 Å². The summed E-state index contributed by atoms with van der Waals surface area (Å²) < 4.78 is 5.53. The third kappa shape index (κ3) is 2.91. The highest BCUT2D eigenvalue weighted by atomic mass is 16.5. The van der Waals surface area contributed by atoms with Crippen LogP contribution in [0.3, 0.4) is 0 Å². The Morgan fingerprint density at radius 1 is 1.18 bits per heavy atom. The third-order valence-electron chi connectivity index (χ3n) is 3.39. The van der Waals surface area contributed by atoms with Crippen molar-refractivity contribution in [2.45, 2.75) is 13.8 Å². The largest absolute Gasteiger partial charge is 0.465 e. The van der Waals surface area contributed by atoms with Crippen molar-refractivity contribution in [3.8, 4) is 0 Å². The van der Waals surface area contributed by atoms with Gasteiger partial charge in [-0.25, -0.2) is 4.90 Å². The van der Waals surface area contributed by atoms with E-state index in [1.165, 1.54) is 4.90 Å². The van der Waals surface area contributed by atoms with Crippen LogP contribution in [0, 0.1) is 38.5 Å². The zero-order chi connectivity index (χ0) is 15.5. The molecule has 111 valence electrons. The minimum atomic E-state index is -0.173. The van der Waals surface area contributed by atoms with Crippen molar-refractivity contribution in [2.75, 3.05) is 11.5 Å². The molecule has 4 nitrogen and oxygen atoms in total. The molecule has 1 heterocycles. The van der Waals surface area contributed by atoms with Gasteiger partial charge in [-0.1, -0.05) is 17.7 Å². The highest BCUT2D eigenvalue weighted by Crippen LogP contribution is 2.29. The standard InChI is InChI=1S/C18H17N2O2/c1-3-22-18-19-16(12-14-6-4-5-7-14)17(21)20(18)15-10-8-13(2)9-11-15/h4-12H,3H2,1-2H3/b16-12-. The molecule has 0 spiro atoms. The van der Waals surface area contributed by atoms with E-state index in [9.17, 15) is 4.79 Å². The van der Waals surface area contributed by atoms with Crippen molar-refractivity contribution in [3.63, 3.8) is 0 Å². The molecular formula is C18H17N2O2. The Balaban J connectivity index is 1.90. The first-order valence-electron chi connectivity index (χ1n) is 7.25. The van der Waals surface area contributed by atoms with Gasteiger partial charge in [-0.2, -0.15) is 4.99 Å². The molecule has 0 N–H and O–H groups in total. The van der Waals surface area contributed by atoms with Gasteiger partial charge in [0.15, 0.2) is 0 Å². The molecule has 0 atom stereocenters. The number of hydrogen-bond acceptors (Lipinski definition) is 3. The molecule has 5 radical (unpaired) electrons. The molecule has 1 aromatic rings. The van der Waals surface area contributed by atoms with Crippen LogP contribution < -0.4 is 4.90 Å². The van der Waals surface area contributed by atoms with Crippen molar-refractivity contribution in [3.05, 3.63) is 73.2 Å². The lowest BCUT2D eigenvalue weighted by Crippen LogP contribution is -2.33. The van der Waals surface area contributed by atoms with Gasteiger partial charge < -0.3 is 4.74 Å². The van der Waals surface area contributed by atoms with Crippen LogP contribution in [0.15, 0.2) is 41.0 Å². The van der Waals surface area contributed by atoms with Crippen molar-refractivity contribution >= 4 is 17.6 Å². The van der Waals surface area contributed by atoms with Crippen LogP contribution in [0.2, 0.25) is 0 Å². The van der Waals surface area contributed by atoms with Gasteiger partial charge in [-0.05, 0) is 57.7 Å². The Hall–Kier alpha value is -2.10. The highest BCUT2D eigenvalue weighted by Gasteiger charge is 2.33. The second-order valence-electron chi connectivity index (χ2n) is 5.05. The van der Waals surface area contributed by atoms with Crippen LogP contribution in [0.25, 0.3) is 0 Å². The fourth-order valence-corrected chi connectivity index (χ4v) is 2.29. The first-order valence-corrected chi connectivity index (χ1v) is 7.25. The van der Waals surface area contributed by atoms with Crippen LogP contribution in [-0.4, -0.2) is 18.5 Å². The Labute approximate surface area is 131 Å². The number of aliphatic imine (C=N–C) groups is 1. The molecule has 2 aliphatic rings. The van der Waals surface area contributed by atoms with E-state index in [2.05, 4.69) is 4.99 Å². The summed E-state index contributed by atoms with van der Waals surface area (Å²) in [6, 6.07) is 8.05. The summed E-state index contributed by atoms with van der Waals surface area (Å²) in [5.41, 5.74) is 2.28. The van der Waals surface area contributed by atoms with E-state index in [-0.39, 0.29) is 5.91 Å². The molecule has 1 aliphatic heterocycles. The maximum absolute atomic E-state index is 12.7. The topological polar surface area (TPSA) is 41.9 Å². The lowest BCUT2D eigenvalue weighted by Gasteiger charge is -2.17. The smallest absolute Gasteiger partial charge is 0.304 e. The monoisotopic (exact) mass is 293 g/mol. The summed E-state index contributed by atoms with van der Waals surface area (Å²) in [7, 11) is 0. The minimum Gasteiger partial charge on any atom is -0.465 e. The predicted octanol–water partition coefficient (Wildman–Crippen LogP) is 3.02. The molecule has 3 rings (SSSR count). The van der Waals surface area contributed by atoms with Crippen LogP contribution in [-0.2, 0) is 9.53 Å². The molecule has 1 fully saturated rings. The summed E-state index contributed by atoms with van der Waals surface area (Å²) in [5.74, 6) is 0.780. The molecule has 1 aliphatic carbocycles. The number of allylic oxidation sites excluding steroid dienone is 1. The van der Waals surface area contributed by atoms with Gasteiger partial charge >= 0.3 is 6.02 Å². The Morgan fingerprint density at radius 3 is 2.50 bits per heavy atom. The quantitative estimate of drug-likeness (QED) is 0.804. The molecule has 1 amide bonds. The first kappa shape index (κ1) is 14.8. The van der Waals surface area contributed by atoms with E-state index in [4.69, 9.17) is 4.74 Å². The first-order chi connectivity index (χ1) is 10.7. The van der Waals surface area contributed by atoms with Crippen LogP contribution in [0.4, 0.5) is 5.69 Å². The highest BCUT2D eigenvalue weighted by molar-refractivity contribution is 6.25. The Morgan fingerprint density at radius 2 is 1.86 bits per heavy atom. The van der Waals surface area contributed by atoms with E-state index in [0.717, 1.165) is 17.2 Å². The van der Waals surface area contributed by atoms with Gasteiger partial charge in [0.2, 0.25) is 0 Å². The summed E-state index contributed by atoms with van der Waals surface area (Å²) in [5, 5.41) is 0. The fourth-order valence-electron chi connectivity index (χ4n) is 2.29. The number of benzene rings is 1. The van der Waals surface area contributed by atoms with Crippen molar-refractivity contribution in [2.24, 2.45) is 4.99 Å². The summed E-state index contributed by atoms with van der Waals surface area (Å²) >= 11 is 0. The molecule has 0 bridgehead atoms. The van der Waals surface area contributed by atoms with Crippen molar-refractivity contribution < 1.29 is 9.53 Å². The summed E-state index contributed by atoms with van der Waals surface area (Å²) in [6.45, 7) is 4.34. The maximum atomic E-state index is 12.7. The molecule has 0 unspecified atom stereocenters. The Bertz CT molecular complexity index is 610. The second-order valence-corrected chi connectivity index (χ2v) is 5.05. The fraction of sp³-hybridized carbons (Fsp3) is 0.167. The molecule has 0 aromatic heterocycles. The third-order valence-corrected chi connectivity index (χ3v) is 3.39. The molecule has 1 aromatic carbocycles. The average molecular weight is 293 g/mol. The molecule has 1 saturated carbocycles. The molecule has 4 heteroatoms. The molecule has 0 saturated heterocycles. The van der Waals surface area contributed by atoms with Crippen molar-refractivity contribution in [1.82, 2.24) is 0 Å². The number of carbonyl (C=O) groups excluding carboxylic acids is 1. The van der Waals surface area contributed by atoms with Gasteiger partial charge in [0.05, 0.1) is 12.3 Å². The number of amidine groups is 1. The van der Waals surface area contributed by atoms with Crippen LogP contribution >= 0.6 is 0 Å². The number of anilines is 1. The normalized spacial score (nSPS) is 20.8. The van der Waals surface area contributed by atoms with E-state index < -0.39 is 0 Å². The van der Waals surface area contributed by atoms with Gasteiger partial charge in [0.1, 0.15) is 5.70 Å². The number of nitrogens with zero attached hydrogens (tertiary/aromatic N) is 2. The van der Waals surface area contributed by atoms with E-state index in [1.54, 1.807) is 6.08 Å². The van der Waals surface area contributed by atoms with Gasteiger partial charge in [0.25, 0.3) is 5.91 Å². The zero-order valence-corrected chi connectivity index (χ0v) is 12.6. The summed E-state index contributed by atoms with van der Waals surface area (Å²) in [6.07, 6.45) is 9.50. The van der Waals surface area contributed by atoms with Gasteiger partial charge in [-0.15, -0.1) is 0 Å². The maximum Gasteiger partial charge on any atom is 0.304 e. The number of hydrogen-bond donors (Lipinski definition) is 0. The predicted molar refractivity (Wildman–Crippen MR) is 86.3 cm³/mol. The second kappa shape index (κ2) is 6.34. The number of amides is 1. The van der Waals surface area contributed by atoms with Crippen LogP contribution in [0.5, 0.6) is 0 Å². The lowest BCUT2D eigenvalue weighted by atomic mass is 10.1. The zero-order valence-electron chi connectivity index (χ0n) is 12.6. The van der Waals surface area contributed by atoms with E-state index >= 15 is 0 Å². The SMILES string of the molecule is CCOC1=N/C(=C\[C]2[CH][CH][CH][CH]2)C(=O)N1c1ccc(C)cc1. The molecule has 22 heavy (non-hydrogen) atoms. The summed E-state index contributed by atoms with van der Waals surface area (Å²) in [4.78, 5) is 18.5.